The zero-order chi connectivity index (χ0) is 7.98. The Hall–Kier alpha value is -0.830. The Balaban J connectivity index is 3.83. The molecule has 0 amide bonds. The summed E-state index contributed by atoms with van der Waals surface area (Å²) in [5, 5.41) is 16.8. The molecule has 10 heavy (non-hydrogen) atoms. The standard InChI is InChI=1S/C7H12O3/c1-2-6(7(9)10)4-3-5-8/h3-4,6,8H,2,5H2,1H3,(H,9,10). The van der Waals surface area contributed by atoms with Crippen LogP contribution in [0.5, 0.6) is 0 Å². The summed E-state index contributed by atoms with van der Waals surface area (Å²) in [5.74, 6) is -1.29. The van der Waals surface area contributed by atoms with Gasteiger partial charge in [-0.05, 0) is 6.42 Å². The second-order valence-corrected chi connectivity index (χ2v) is 1.96. The summed E-state index contributed by atoms with van der Waals surface area (Å²) in [4.78, 5) is 10.3. The minimum absolute atomic E-state index is 0.0935. The average molecular weight is 144 g/mol. The number of hydrogen-bond donors (Lipinski definition) is 2. The van der Waals surface area contributed by atoms with Crippen molar-refractivity contribution >= 4 is 5.97 Å². The molecular formula is C7H12O3. The fourth-order valence-corrected chi connectivity index (χ4v) is 0.618. The van der Waals surface area contributed by atoms with Crippen LogP contribution in [0, 0.1) is 5.92 Å². The van der Waals surface area contributed by atoms with E-state index in [9.17, 15) is 4.79 Å². The topological polar surface area (TPSA) is 57.5 Å². The van der Waals surface area contributed by atoms with Gasteiger partial charge in [0, 0.05) is 0 Å². The molecule has 0 bridgehead atoms. The van der Waals surface area contributed by atoms with Crippen molar-refractivity contribution in [2.45, 2.75) is 13.3 Å². The first-order valence-electron chi connectivity index (χ1n) is 3.22. The Morgan fingerprint density at radius 2 is 2.30 bits per heavy atom. The number of aliphatic hydroxyl groups is 1. The van der Waals surface area contributed by atoms with Crippen molar-refractivity contribution in [2.24, 2.45) is 5.92 Å². The summed E-state index contributed by atoms with van der Waals surface area (Å²) in [7, 11) is 0. The van der Waals surface area contributed by atoms with Crippen molar-refractivity contribution in [3.05, 3.63) is 12.2 Å². The van der Waals surface area contributed by atoms with E-state index in [4.69, 9.17) is 10.2 Å². The van der Waals surface area contributed by atoms with E-state index in [2.05, 4.69) is 0 Å². The Morgan fingerprint density at radius 3 is 2.60 bits per heavy atom. The molecular weight excluding hydrogens is 132 g/mol. The highest BCUT2D eigenvalue weighted by Gasteiger charge is 2.09. The minimum atomic E-state index is -0.841. The maximum absolute atomic E-state index is 10.3. The molecule has 0 aromatic heterocycles. The lowest BCUT2D eigenvalue weighted by Crippen LogP contribution is -2.09. The molecule has 0 aliphatic rings. The van der Waals surface area contributed by atoms with E-state index in [1.807, 2.05) is 0 Å². The fourth-order valence-electron chi connectivity index (χ4n) is 0.618. The molecule has 0 fully saturated rings. The van der Waals surface area contributed by atoms with Crippen LogP contribution in [-0.2, 0) is 4.79 Å². The fraction of sp³-hybridized carbons (Fsp3) is 0.571. The molecule has 1 unspecified atom stereocenters. The van der Waals surface area contributed by atoms with Crippen LogP contribution in [0.1, 0.15) is 13.3 Å². The van der Waals surface area contributed by atoms with Gasteiger partial charge >= 0.3 is 5.97 Å². The van der Waals surface area contributed by atoms with Crippen LogP contribution in [0.15, 0.2) is 12.2 Å². The van der Waals surface area contributed by atoms with Gasteiger partial charge in [0.1, 0.15) is 0 Å². The minimum Gasteiger partial charge on any atom is -0.481 e. The molecule has 58 valence electrons. The van der Waals surface area contributed by atoms with E-state index < -0.39 is 11.9 Å². The van der Waals surface area contributed by atoms with Crippen LogP contribution in [0.25, 0.3) is 0 Å². The van der Waals surface area contributed by atoms with E-state index in [1.165, 1.54) is 12.2 Å². The highest BCUT2D eigenvalue weighted by atomic mass is 16.4. The van der Waals surface area contributed by atoms with Crippen molar-refractivity contribution in [3.63, 3.8) is 0 Å². The van der Waals surface area contributed by atoms with E-state index in [-0.39, 0.29) is 6.61 Å². The van der Waals surface area contributed by atoms with Gasteiger partial charge in [0.2, 0.25) is 0 Å². The third-order valence-corrected chi connectivity index (χ3v) is 1.23. The molecule has 0 saturated heterocycles. The Labute approximate surface area is 60.0 Å². The summed E-state index contributed by atoms with van der Waals surface area (Å²) in [6.45, 7) is 1.70. The van der Waals surface area contributed by atoms with Crippen molar-refractivity contribution in [3.8, 4) is 0 Å². The zero-order valence-electron chi connectivity index (χ0n) is 5.95. The highest BCUT2D eigenvalue weighted by Crippen LogP contribution is 2.03. The largest absolute Gasteiger partial charge is 0.481 e. The number of carbonyl (C=O) groups is 1. The summed E-state index contributed by atoms with van der Waals surface area (Å²) in [5.41, 5.74) is 0. The smallest absolute Gasteiger partial charge is 0.310 e. The Morgan fingerprint density at radius 1 is 1.70 bits per heavy atom. The van der Waals surface area contributed by atoms with Gasteiger partial charge in [-0.1, -0.05) is 19.1 Å². The van der Waals surface area contributed by atoms with Crippen LogP contribution in [0.2, 0.25) is 0 Å². The highest BCUT2D eigenvalue weighted by molar-refractivity contribution is 5.71. The molecule has 0 aliphatic carbocycles. The Bertz CT molecular complexity index is 129. The number of carboxylic acid groups (broad SMARTS) is 1. The average Bonchev–Trinajstić information content (AvgIpc) is 1.89. The molecule has 1 atom stereocenters. The van der Waals surface area contributed by atoms with E-state index >= 15 is 0 Å². The van der Waals surface area contributed by atoms with Crippen LogP contribution in [-0.4, -0.2) is 22.8 Å². The molecule has 0 aromatic carbocycles. The van der Waals surface area contributed by atoms with Crippen LogP contribution >= 0.6 is 0 Å². The van der Waals surface area contributed by atoms with Gasteiger partial charge in [0.15, 0.2) is 0 Å². The van der Waals surface area contributed by atoms with Gasteiger partial charge in [-0.3, -0.25) is 4.79 Å². The van der Waals surface area contributed by atoms with Crippen molar-refractivity contribution in [1.82, 2.24) is 0 Å². The molecule has 0 radical (unpaired) electrons. The van der Waals surface area contributed by atoms with Gasteiger partial charge in [0.25, 0.3) is 0 Å². The lowest BCUT2D eigenvalue weighted by atomic mass is 10.1. The van der Waals surface area contributed by atoms with Crippen molar-refractivity contribution < 1.29 is 15.0 Å². The number of aliphatic hydroxyl groups excluding tert-OH is 1. The number of rotatable bonds is 4. The van der Waals surface area contributed by atoms with Gasteiger partial charge in [-0.2, -0.15) is 0 Å². The molecule has 3 heteroatoms. The predicted octanol–water partition coefficient (Wildman–Crippen LogP) is 0.646. The first-order chi connectivity index (χ1) is 4.72. The number of hydrogen-bond acceptors (Lipinski definition) is 2. The van der Waals surface area contributed by atoms with Crippen LogP contribution < -0.4 is 0 Å². The van der Waals surface area contributed by atoms with E-state index in [0.29, 0.717) is 6.42 Å². The third kappa shape index (κ3) is 3.25. The molecule has 0 rings (SSSR count). The quantitative estimate of drug-likeness (QED) is 0.569. The van der Waals surface area contributed by atoms with Gasteiger partial charge in [-0.15, -0.1) is 0 Å². The normalized spacial score (nSPS) is 13.8. The summed E-state index contributed by atoms with van der Waals surface area (Å²) >= 11 is 0. The first kappa shape index (κ1) is 9.17. The van der Waals surface area contributed by atoms with Crippen molar-refractivity contribution in [2.75, 3.05) is 6.61 Å². The maximum Gasteiger partial charge on any atom is 0.310 e. The summed E-state index contributed by atoms with van der Waals surface area (Å²) < 4.78 is 0. The lowest BCUT2D eigenvalue weighted by molar-refractivity contribution is -0.140. The third-order valence-electron chi connectivity index (χ3n) is 1.23. The summed E-state index contributed by atoms with van der Waals surface area (Å²) in [6, 6.07) is 0. The number of aliphatic carboxylic acids is 1. The van der Waals surface area contributed by atoms with E-state index in [1.54, 1.807) is 6.92 Å². The van der Waals surface area contributed by atoms with E-state index in [0.717, 1.165) is 0 Å². The van der Waals surface area contributed by atoms with Gasteiger partial charge in [-0.25, -0.2) is 0 Å². The maximum atomic E-state index is 10.3. The summed E-state index contributed by atoms with van der Waals surface area (Å²) in [6.07, 6.45) is 3.51. The van der Waals surface area contributed by atoms with Gasteiger partial charge < -0.3 is 10.2 Å². The lowest BCUT2D eigenvalue weighted by Gasteiger charge is -2.00. The second-order valence-electron chi connectivity index (χ2n) is 1.96. The molecule has 0 spiro atoms. The molecule has 0 heterocycles. The molecule has 0 aliphatic heterocycles. The monoisotopic (exact) mass is 144 g/mol. The van der Waals surface area contributed by atoms with Crippen molar-refractivity contribution in [1.29, 1.82) is 0 Å². The van der Waals surface area contributed by atoms with Crippen LogP contribution in [0.4, 0.5) is 0 Å². The van der Waals surface area contributed by atoms with Gasteiger partial charge in [0.05, 0.1) is 12.5 Å². The SMILES string of the molecule is CCC(C=CCO)C(=O)O. The number of carboxylic acids is 1. The predicted molar refractivity (Wildman–Crippen MR) is 37.6 cm³/mol. The first-order valence-corrected chi connectivity index (χ1v) is 3.22. The Kier molecular flexibility index (Phi) is 4.58. The molecule has 0 aromatic rings. The molecule has 2 N–H and O–H groups in total. The van der Waals surface area contributed by atoms with Crippen LogP contribution in [0.3, 0.4) is 0 Å². The molecule has 0 saturated carbocycles. The molecule has 3 nitrogen and oxygen atoms in total. The second kappa shape index (κ2) is 4.99. The zero-order valence-corrected chi connectivity index (χ0v) is 5.95.